The number of benzene rings is 1. The number of methoxy groups -OCH3 is 1. The maximum Gasteiger partial charge on any atom is 0.166 e. The number of anilines is 1. The van der Waals surface area contributed by atoms with Crippen LogP contribution in [-0.4, -0.2) is 17.1 Å². The fraction of sp³-hybridized carbons (Fsp3) is 0.167. The summed E-state index contributed by atoms with van der Waals surface area (Å²) in [6, 6.07) is 6.98. The van der Waals surface area contributed by atoms with Crippen LogP contribution in [0.15, 0.2) is 36.7 Å². The normalized spacial score (nSPS) is 9.94. The molecule has 0 bridgehead atoms. The van der Waals surface area contributed by atoms with Gasteiger partial charge in [-0.05, 0) is 18.2 Å². The number of hydrogen-bond acceptors (Lipinski definition) is 5. The van der Waals surface area contributed by atoms with Gasteiger partial charge in [0.2, 0.25) is 0 Å². The second kappa shape index (κ2) is 5.16. The van der Waals surface area contributed by atoms with Gasteiger partial charge in [0.25, 0.3) is 0 Å². The minimum atomic E-state index is 0.278. The van der Waals surface area contributed by atoms with Crippen molar-refractivity contribution in [2.24, 2.45) is 0 Å². The smallest absolute Gasteiger partial charge is 0.166 e. The Labute approximate surface area is 99.2 Å². The zero-order valence-electron chi connectivity index (χ0n) is 9.46. The highest BCUT2D eigenvalue weighted by Crippen LogP contribution is 2.29. The Hall–Kier alpha value is -2.30. The molecule has 0 saturated carbocycles. The molecule has 0 aliphatic heterocycles. The molecule has 0 radical (unpaired) electrons. The molecule has 0 aliphatic rings. The van der Waals surface area contributed by atoms with E-state index in [1.165, 1.54) is 0 Å². The average Bonchev–Trinajstić information content (AvgIpc) is 2.38. The van der Waals surface area contributed by atoms with Crippen molar-refractivity contribution in [1.82, 2.24) is 9.97 Å². The van der Waals surface area contributed by atoms with Crippen LogP contribution in [0.4, 0.5) is 5.69 Å². The second-order valence-electron chi connectivity index (χ2n) is 3.36. The monoisotopic (exact) mass is 231 g/mol. The van der Waals surface area contributed by atoms with Gasteiger partial charge in [-0.3, -0.25) is 0 Å². The van der Waals surface area contributed by atoms with Crippen LogP contribution in [0.5, 0.6) is 11.5 Å². The quantitative estimate of drug-likeness (QED) is 0.810. The first kappa shape index (κ1) is 11.2. The van der Waals surface area contributed by atoms with Crippen molar-refractivity contribution < 1.29 is 9.47 Å². The molecule has 5 heteroatoms. The number of ether oxygens (including phenoxy) is 2. The average molecular weight is 231 g/mol. The summed E-state index contributed by atoms with van der Waals surface area (Å²) in [5, 5.41) is 0. The maximum atomic E-state index is 5.68. The first-order chi connectivity index (χ1) is 8.29. The highest BCUT2D eigenvalue weighted by Gasteiger charge is 2.05. The molecule has 0 aliphatic carbocycles. The molecular weight excluding hydrogens is 218 g/mol. The predicted molar refractivity (Wildman–Crippen MR) is 63.8 cm³/mol. The van der Waals surface area contributed by atoms with Gasteiger partial charge in [-0.2, -0.15) is 0 Å². The first-order valence-corrected chi connectivity index (χ1v) is 5.12. The van der Waals surface area contributed by atoms with Crippen molar-refractivity contribution in [2.75, 3.05) is 12.8 Å². The molecule has 0 saturated heterocycles. The van der Waals surface area contributed by atoms with E-state index in [2.05, 4.69) is 9.97 Å². The van der Waals surface area contributed by atoms with Gasteiger partial charge in [-0.1, -0.05) is 0 Å². The Morgan fingerprint density at radius 1 is 1.18 bits per heavy atom. The highest BCUT2D eigenvalue weighted by atomic mass is 16.5. The molecular formula is C12H13N3O2. The summed E-state index contributed by atoms with van der Waals surface area (Å²) in [5.41, 5.74) is 6.30. The molecule has 2 aromatic rings. The molecule has 2 N–H and O–H groups in total. The molecule has 0 spiro atoms. The van der Waals surface area contributed by atoms with Crippen LogP contribution in [0.2, 0.25) is 0 Å². The Morgan fingerprint density at radius 2 is 1.94 bits per heavy atom. The molecule has 0 atom stereocenters. The van der Waals surface area contributed by atoms with Gasteiger partial charge in [0.15, 0.2) is 17.3 Å². The fourth-order valence-electron chi connectivity index (χ4n) is 1.35. The second-order valence-corrected chi connectivity index (χ2v) is 3.36. The summed E-state index contributed by atoms with van der Waals surface area (Å²) in [7, 11) is 1.58. The third kappa shape index (κ3) is 2.84. The van der Waals surface area contributed by atoms with E-state index in [9.17, 15) is 0 Å². The summed E-state index contributed by atoms with van der Waals surface area (Å²) in [4.78, 5) is 8.13. The largest absolute Gasteiger partial charge is 0.493 e. The van der Waals surface area contributed by atoms with Crippen molar-refractivity contribution in [2.45, 2.75) is 6.61 Å². The van der Waals surface area contributed by atoms with E-state index in [4.69, 9.17) is 15.2 Å². The Bertz CT molecular complexity index is 488. The van der Waals surface area contributed by atoms with Gasteiger partial charge in [0.1, 0.15) is 6.61 Å². The zero-order chi connectivity index (χ0) is 12.1. The van der Waals surface area contributed by atoms with E-state index < -0.39 is 0 Å². The molecule has 1 aromatic carbocycles. The van der Waals surface area contributed by atoms with E-state index in [1.54, 1.807) is 43.8 Å². The van der Waals surface area contributed by atoms with E-state index in [-0.39, 0.29) is 6.61 Å². The minimum absolute atomic E-state index is 0.278. The molecule has 0 amide bonds. The van der Waals surface area contributed by atoms with Crippen LogP contribution >= 0.6 is 0 Å². The number of nitrogen functional groups attached to an aromatic ring is 1. The van der Waals surface area contributed by atoms with Crippen LogP contribution in [0.25, 0.3) is 0 Å². The first-order valence-electron chi connectivity index (χ1n) is 5.12. The van der Waals surface area contributed by atoms with E-state index in [0.717, 1.165) is 0 Å². The SMILES string of the molecule is COc1ccc(N)cc1OCc1ncccn1. The summed E-state index contributed by atoms with van der Waals surface area (Å²) >= 11 is 0. The standard InChI is InChI=1S/C12H13N3O2/c1-16-10-4-3-9(13)7-11(10)17-8-12-14-5-2-6-15-12/h2-7H,8,13H2,1H3. The molecule has 88 valence electrons. The number of nitrogens with two attached hydrogens (primary N) is 1. The lowest BCUT2D eigenvalue weighted by molar-refractivity contribution is 0.276. The molecule has 1 aromatic heterocycles. The number of hydrogen-bond donors (Lipinski definition) is 1. The molecule has 0 fully saturated rings. The highest BCUT2D eigenvalue weighted by molar-refractivity contribution is 5.51. The topological polar surface area (TPSA) is 70.3 Å². The van der Waals surface area contributed by atoms with Gasteiger partial charge < -0.3 is 15.2 Å². The lowest BCUT2D eigenvalue weighted by Gasteiger charge is -2.10. The van der Waals surface area contributed by atoms with Gasteiger partial charge in [0, 0.05) is 24.1 Å². The zero-order valence-corrected chi connectivity index (χ0v) is 9.46. The van der Waals surface area contributed by atoms with Crippen LogP contribution in [0.1, 0.15) is 5.82 Å². The Balaban J connectivity index is 2.11. The Kier molecular flexibility index (Phi) is 3.40. The van der Waals surface area contributed by atoms with Crippen molar-refractivity contribution >= 4 is 5.69 Å². The third-order valence-electron chi connectivity index (χ3n) is 2.16. The Morgan fingerprint density at radius 3 is 2.65 bits per heavy atom. The molecule has 5 nitrogen and oxygen atoms in total. The van der Waals surface area contributed by atoms with Crippen LogP contribution in [0.3, 0.4) is 0 Å². The molecule has 0 unspecified atom stereocenters. The summed E-state index contributed by atoms with van der Waals surface area (Å²) in [6.07, 6.45) is 3.34. The van der Waals surface area contributed by atoms with Crippen LogP contribution in [0, 0.1) is 0 Å². The lowest BCUT2D eigenvalue weighted by atomic mass is 10.3. The number of rotatable bonds is 4. The van der Waals surface area contributed by atoms with Crippen molar-refractivity contribution in [3.8, 4) is 11.5 Å². The van der Waals surface area contributed by atoms with Crippen LogP contribution < -0.4 is 15.2 Å². The van der Waals surface area contributed by atoms with Crippen molar-refractivity contribution in [3.63, 3.8) is 0 Å². The molecule has 17 heavy (non-hydrogen) atoms. The van der Waals surface area contributed by atoms with Crippen molar-refractivity contribution in [1.29, 1.82) is 0 Å². The minimum Gasteiger partial charge on any atom is -0.493 e. The summed E-state index contributed by atoms with van der Waals surface area (Å²) < 4.78 is 10.7. The number of aromatic nitrogens is 2. The van der Waals surface area contributed by atoms with E-state index in [0.29, 0.717) is 23.0 Å². The summed E-state index contributed by atoms with van der Waals surface area (Å²) in [6.45, 7) is 0.278. The fourth-order valence-corrected chi connectivity index (χ4v) is 1.35. The van der Waals surface area contributed by atoms with E-state index >= 15 is 0 Å². The van der Waals surface area contributed by atoms with Gasteiger partial charge in [-0.15, -0.1) is 0 Å². The van der Waals surface area contributed by atoms with Crippen molar-refractivity contribution in [3.05, 3.63) is 42.5 Å². The summed E-state index contributed by atoms with van der Waals surface area (Å²) in [5.74, 6) is 1.83. The molecule has 2 rings (SSSR count). The third-order valence-corrected chi connectivity index (χ3v) is 2.16. The molecule has 1 heterocycles. The maximum absolute atomic E-state index is 5.68. The van der Waals surface area contributed by atoms with E-state index in [1.807, 2.05) is 0 Å². The predicted octanol–water partition coefficient (Wildman–Crippen LogP) is 1.65. The van der Waals surface area contributed by atoms with Gasteiger partial charge >= 0.3 is 0 Å². The van der Waals surface area contributed by atoms with Gasteiger partial charge in [-0.25, -0.2) is 9.97 Å². The van der Waals surface area contributed by atoms with Crippen LogP contribution in [-0.2, 0) is 6.61 Å². The lowest BCUT2D eigenvalue weighted by Crippen LogP contribution is -2.02. The number of nitrogens with zero attached hydrogens (tertiary/aromatic N) is 2. The van der Waals surface area contributed by atoms with Gasteiger partial charge in [0.05, 0.1) is 7.11 Å².